The average Bonchev–Trinajstić information content (AvgIpc) is 2.44. The van der Waals surface area contributed by atoms with Crippen LogP contribution in [-0.4, -0.2) is 35.1 Å². The van der Waals surface area contributed by atoms with Crippen LogP contribution in [0.1, 0.15) is 26.3 Å². The van der Waals surface area contributed by atoms with Gasteiger partial charge < -0.3 is 5.11 Å². The number of sulfonamides is 1. The molecule has 0 amide bonds. The molecule has 0 saturated heterocycles. The lowest BCUT2D eigenvalue weighted by Gasteiger charge is -2.39. The molecule has 0 radical (unpaired) electrons. The fourth-order valence-corrected chi connectivity index (χ4v) is 3.87. The molecule has 1 aromatic rings. The topological polar surface area (TPSA) is 74.7 Å². The predicted molar refractivity (Wildman–Crippen MR) is 86.8 cm³/mol. The predicted octanol–water partition coefficient (Wildman–Crippen LogP) is 2.50. The molecule has 0 aliphatic carbocycles. The monoisotopic (exact) mass is 325 g/mol. The van der Waals surface area contributed by atoms with Gasteiger partial charge in [-0.1, -0.05) is 50.3 Å². The lowest BCUT2D eigenvalue weighted by atomic mass is 9.88. The molecule has 5 nitrogen and oxygen atoms in total. The van der Waals surface area contributed by atoms with Crippen molar-refractivity contribution in [3.8, 4) is 0 Å². The molecule has 0 heterocycles. The van der Waals surface area contributed by atoms with Crippen LogP contribution >= 0.6 is 0 Å². The smallest absolute Gasteiger partial charge is 0.325 e. The van der Waals surface area contributed by atoms with Crippen molar-refractivity contribution in [2.75, 3.05) is 5.75 Å². The molecule has 1 aromatic carbocycles. The molecular weight excluding hydrogens is 302 g/mol. The molecule has 1 atom stereocenters. The molecule has 6 heteroatoms. The van der Waals surface area contributed by atoms with Gasteiger partial charge in [-0.05, 0) is 18.4 Å². The summed E-state index contributed by atoms with van der Waals surface area (Å²) >= 11 is 0. The number of carboxylic acid groups (broad SMARTS) is 1. The number of benzene rings is 1. The fourth-order valence-electron chi connectivity index (χ4n) is 2.18. The molecule has 1 N–H and O–H groups in total. The first-order chi connectivity index (χ1) is 10.2. The summed E-state index contributed by atoms with van der Waals surface area (Å²) in [5, 5.41) is 9.65. The number of carbonyl (C=O) groups is 1. The zero-order valence-electron chi connectivity index (χ0n) is 13.2. The quantitative estimate of drug-likeness (QED) is 0.745. The Balaban J connectivity index is 3.39. The third-order valence-corrected chi connectivity index (χ3v) is 5.75. The summed E-state index contributed by atoms with van der Waals surface area (Å²) in [7, 11) is -3.78. The first kappa shape index (κ1) is 18.4. The summed E-state index contributed by atoms with van der Waals surface area (Å²) < 4.78 is 26.2. The molecule has 0 aliphatic rings. The van der Waals surface area contributed by atoms with Crippen LogP contribution in [0.3, 0.4) is 0 Å². The molecular formula is C16H23NO4S. The van der Waals surface area contributed by atoms with Gasteiger partial charge in [0.25, 0.3) is 0 Å². The Kier molecular flexibility index (Phi) is 5.91. The van der Waals surface area contributed by atoms with Crippen LogP contribution in [0.4, 0.5) is 0 Å². The van der Waals surface area contributed by atoms with Gasteiger partial charge in [-0.15, -0.1) is 6.58 Å². The molecule has 0 aromatic heterocycles. The maximum Gasteiger partial charge on any atom is 0.325 e. The SMILES string of the molecule is C=CCS(=O)(=O)N(Cc1ccccc1)C(C)(C(=O)O)C(C)C. The third kappa shape index (κ3) is 3.75. The molecule has 0 saturated carbocycles. The van der Waals surface area contributed by atoms with Gasteiger partial charge in [0.15, 0.2) is 0 Å². The van der Waals surface area contributed by atoms with E-state index in [1.165, 1.54) is 13.0 Å². The number of nitrogens with zero attached hydrogens (tertiary/aromatic N) is 1. The van der Waals surface area contributed by atoms with Crippen molar-refractivity contribution in [2.24, 2.45) is 5.92 Å². The minimum Gasteiger partial charge on any atom is -0.480 e. The Morgan fingerprint density at radius 2 is 1.91 bits per heavy atom. The van der Waals surface area contributed by atoms with Gasteiger partial charge in [-0.25, -0.2) is 8.42 Å². The highest BCUT2D eigenvalue weighted by Crippen LogP contribution is 2.30. The minimum absolute atomic E-state index is 0.0119. The maximum absolute atomic E-state index is 12.6. The largest absolute Gasteiger partial charge is 0.480 e. The van der Waals surface area contributed by atoms with Gasteiger partial charge in [-0.3, -0.25) is 4.79 Å². The van der Waals surface area contributed by atoms with Crippen LogP contribution < -0.4 is 0 Å². The lowest BCUT2D eigenvalue weighted by molar-refractivity contribution is -0.150. The van der Waals surface area contributed by atoms with Gasteiger partial charge in [0.05, 0.1) is 5.75 Å². The summed E-state index contributed by atoms with van der Waals surface area (Å²) in [6, 6.07) is 8.96. The molecule has 122 valence electrons. The highest BCUT2D eigenvalue weighted by molar-refractivity contribution is 7.89. The second kappa shape index (κ2) is 7.07. The summed E-state index contributed by atoms with van der Waals surface area (Å²) in [6.07, 6.45) is 1.27. The van der Waals surface area contributed by atoms with Crippen molar-refractivity contribution < 1.29 is 18.3 Å². The second-order valence-corrected chi connectivity index (χ2v) is 7.60. The van der Waals surface area contributed by atoms with E-state index in [4.69, 9.17) is 0 Å². The zero-order chi connectivity index (χ0) is 17.0. The summed E-state index contributed by atoms with van der Waals surface area (Å²) in [6.45, 7) is 8.32. The Labute approximate surface area is 132 Å². The van der Waals surface area contributed by atoms with Gasteiger partial charge >= 0.3 is 5.97 Å². The van der Waals surface area contributed by atoms with E-state index in [1.807, 2.05) is 6.07 Å². The van der Waals surface area contributed by atoms with E-state index < -0.39 is 27.4 Å². The van der Waals surface area contributed by atoms with Gasteiger partial charge in [0.1, 0.15) is 5.54 Å². The van der Waals surface area contributed by atoms with Crippen molar-refractivity contribution in [3.63, 3.8) is 0 Å². The van der Waals surface area contributed by atoms with E-state index in [0.717, 1.165) is 9.87 Å². The Morgan fingerprint density at radius 1 is 1.36 bits per heavy atom. The van der Waals surface area contributed by atoms with E-state index in [9.17, 15) is 18.3 Å². The van der Waals surface area contributed by atoms with E-state index >= 15 is 0 Å². The van der Waals surface area contributed by atoms with Crippen LogP contribution in [-0.2, 0) is 21.4 Å². The molecule has 0 bridgehead atoms. The van der Waals surface area contributed by atoms with Crippen LogP contribution in [0.5, 0.6) is 0 Å². The molecule has 0 fully saturated rings. The normalized spacial score (nSPS) is 14.8. The molecule has 1 unspecified atom stereocenters. The highest BCUT2D eigenvalue weighted by atomic mass is 32.2. The lowest BCUT2D eigenvalue weighted by Crippen LogP contribution is -2.58. The van der Waals surface area contributed by atoms with E-state index in [2.05, 4.69) is 6.58 Å². The molecule has 1 rings (SSSR count). The third-order valence-electron chi connectivity index (χ3n) is 3.91. The van der Waals surface area contributed by atoms with Crippen LogP contribution in [0.25, 0.3) is 0 Å². The molecule has 0 aliphatic heterocycles. The van der Waals surface area contributed by atoms with E-state index in [0.29, 0.717) is 0 Å². The number of hydrogen-bond acceptors (Lipinski definition) is 3. The van der Waals surface area contributed by atoms with Crippen molar-refractivity contribution >= 4 is 16.0 Å². The van der Waals surface area contributed by atoms with Crippen LogP contribution in [0, 0.1) is 5.92 Å². The summed E-state index contributed by atoms with van der Waals surface area (Å²) in [4.78, 5) is 11.8. The maximum atomic E-state index is 12.6. The average molecular weight is 325 g/mol. The van der Waals surface area contributed by atoms with Gasteiger partial charge in [0.2, 0.25) is 10.0 Å². The number of aliphatic carboxylic acids is 1. The van der Waals surface area contributed by atoms with Crippen molar-refractivity contribution in [2.45, 2.75) is 32.9 Å². The Morgan fingerprint density at radius 3 is 2.32 bits per heavy atom. The Hall–Kier alpha value is -1.66. The standard InChI is InChI=1S/C16H23NO4S/c1-5-11-22(20,21)17(12-14-9-7-6-8-10-14)16(4,13(2)3)15(18)19/h5-10,13H,1,11-12H2,2-4H3,(H,18,19). The van der Waals surface area contributed by atoms with Gasteiger partial charge in [0, 0.05) is 6.54 Å². The van der Waals surface area contributed by atoms with Crippen molar-refractivity contribution in [1.29, 1.82) is 0 Å². The van der Waals surface area contributed by atoms with Crippen LogP contribution in [0.15, 0.2) is 43.0 Å². The van der Waals surface area contributed by atoms with E-state index in [-0.39, 0.29) is 12.3 Å². The van der Waals surface area contributed by atoms with Gasteiger partial charge in [-0.2, -0.15) is 4.31 Å². The summed E-state index contributed by atoms with van der Waals surface area (Å²) in [5.74, 6) is -1.85. The summed E-state index contributed by atoms with van der Waals surface area (Å²) in [5.41, 5.74) is -0.791. The van der Waals surface area contributed by atoms with Crippen molar-refractivity contribution in [1.82, 2.24) is 4.31 Å². The highest BCUT2D eigenvalue weighted by Gasteiger charge is 2.47. The van der Waals surface area contributed by atoms with Crippen molar-refractivity contribution in [3.05, 3.63) is 48.6 Å². The number of hydrogen-bond donors (Lipinski definition) is 1. The molecule has 0 spiro atoms. The van der Waals surface area contributed by atoms with Crippen LogP contribution in [0.2, 0.25) is 0 Å². The zero-order valence-corrected chi connectivity index (χ0v) is 14.0. The second-order valence-electron chi connectivity index (χ2n) is 5.67. The van der Waals surface area contributed by atoms with E-state index in [1.54, 1.807) is 38.1 Å². The first-order valence-electron chi connectivity index (χ1n) is 7.05. The molecule has 22 heavy (non-hydrogen) atoms. The minimum atomic E-state index is -3.78. The fraction of sp³-hybridized carbons (Fsp3) is 0.438. The Bertz CT molecular complexity index is 625. The number of rotatable bonds is 8. The number of carboxylic acids is 1. The first-order valence-corrected chi connectivity index (χ1v) is 8.66.